The molecule has 5 heteroatoms. The zero-order valence-electron chi connectivity index (χ0n) is 11.1. The number of pyridine rings is 1. The predicted octanol–water partition coefficient (Wildman–Crippen LogP) is 2.27. The third-order valence-electron chi connectivity index (χ3n) is 2.57. The van der Waals surface area contributed by atoms with Gasteiger partial charge in [-0.2, -0.15) is 0 Å². The number of nitrogens with two attached hydrogens (primary N) is 1. The zero-order chi connectivity index (χ0) is 13.5. The van der Waals surface area contributed by atoms with Crippen LogP contribution < -0.4 is 10.5 Å². The van der Waals surface area contributed by atoms with Crippen LogP contribution in [0.25, 0.3) is 0 Å². The van der Waals surface area contributed by atoms with E-state index >= 15 is 0 Å². The lowest BCUT2D eigenvalue weighted by Crippen LogP contribution is -2.12. The van der Waals surface area contributed by atoms with Crippen LogP contribution in [0.15, 0.2) is 12.1 Å². The average molecular weight is 252 g/mol. The molecular weight excluding hydrogens is 232 g/mol. The normalized spacial score (nSPS) is 11.9. The van der Waals surface area contributed by atoms with Gasteiger partial charge in [-0.1, -0.05) is 20.3 Å². The molecule has 100 valence electrons. The van der Waals surface area contributed by atoms with E-state index in [-0.39, 0.29) is 5.69 Å². The number of hydrogen-bond acceptors (Lipinski definition) is 5. The first-order valence-electron chi connectivity index (χ1n) is 6.06. The van der Waals surface area contributed by atoms with Crippen molar-refractivity contribution in [3.8, 4) is 5.88 Å². The molecule has 1 unspecified atom stereocenters. The molecule has 18 heavy (non-hydrogen) atoms. The minimum atomic E-state index is -0.499. The van der Waals surface area contributed by atoms with E-state index in [1.54, 1.807) is 6.07 Å². The van der Waals surface area contributed by atoms with E-state index < -0.39 is 5.97 Å². The maximum Gasteiger partial charge on any atom is 0.356 e. The molecule has 0 aliphatic carbocycles. The summed E-state index contributed by atoms with van der Waals surface area (Å²) in [5.74, 6) is 0.222. The molecule has 1 atom stereocenters. The number of methoxy groups -OCH3 is 1. The first-order chi connectivity index (χ1) is 8.58. The lowest BCUT2D eigenvalue weighted by atomic mass is 10.1. The van der Waals surface area contributed by atoms with Crippen LogP contribution in [0.5, 0.6) is 5.88 Å². The number of ether oxygens (including phenoxy) is 2. The molecule has 1 aromatic heterocycles. The van der Waals surface area contributed by atoms with Gasteiger partial charge in [0.05, 0.1) is 19.4 Å². The summed E-state index contributed by atoms with van der Waals surface area (Å²) in [7, 11) is 1.31. The van der Waals surface area contributed by atoms with Gasteiger partial charge in [-0.15, -0.1) is 0 Å². The highest BCUT2D eigenvalue weighted by molar-refractivity contribution is 5.87. The summed E-state index contributed by atoms with van der Waals surface area (Å²) in [6, 6.07) is 3.11. The largest absolute Gasteiger partial charge is 0.476 e. The number of rotatable bonds is 6. The molecule has 5 nitrogen and oxygen atoms in total. The van der Waals surface area contributed by atoms with Gasteiger partial charge in [0.25, 0.3) is 0 Å². The Morgan fingerprint density at radius 3 is 2.83 bits per heavy atom. The van der Waals surface area contributed by atoms with Crippen LogP contribution in [-0.2, 0) is 4.74 Å². The van der Waals surface area contributed by atoms with Gasteiger partial charge in [-0.25, -0.2) is 9.78 Å². The quantitative estimate of drug-likeness (QED) is 0.786. The van der Waals surface area contributed by atoms with Crippen molar-refractivity contribution in [2.75, 3.05) is 19.5 Å². The van der Waals surface area contributed by atoms with E-state index in [9.17, 15) is 4.79 Å². The topological polar surface area (TPSA) is 74.4 Å². The number of esters is 1. The Labute approximate surface area is 107 Å². The molecule has 0 saturated heterocycles. The third-order valence-corrected chi connectivity index (χ3v) is 2.57. The number of nitrogen functional groups attached to an aromatic ring is 1. The summed E-state index contributed by atoms with van der Waals surface area (Å²) in [6.07, 6.45) is 2.19. The fourth-order valence-corrected chi connectivity index (χ4v) is 1.58. The molecule has 1 rings (SSSR count). The summed E-state index contributed by atoms with van der Waals surface area (Å²) in [4.78, 5) is 15.4. The summed E-state index contributed by atoms with van der Waals surface area (Å²) in [6.45, 7) is 4.76. The van der Waals surface area contributed by atoms with E-state index in [1.807, 2.05) is 0 Å². The fraction of sp³-hybridized carbons (Fsp3) is 0.538. The van der Waals surface area contributed by atoms with Crippen molar-refractivity contribution in [3.63, 3.8) is 0 Å². The number of hydrogen-bond donors (Lipinski definition) is 1. The van der Waals surface area contributed by atoms with Gasteiger partial charge in [-0.3, -0.25) is 0 Å². The van der Waals surface area contributed by atoms with Gasteiger partial charge in [0, 0.05) is 0 Å². The van der Waals surface area contributed by atoms with Gasteiger partial charge >= 0.3 is 5.97 Å². The van der Waals surface area contributed by atoms with Crippen molar-refractivity contribution in [2.24, 2.45) is 5.92 Å². The molecule has 1 heterocycles. The molecule has 0 aromatic carbocycles. The Hall–Kier alpha value is -1.78. The van der Waals surface area contributed by atoms with Crippen molar-refractivity contribution in [2.45, 2.75) is 26.7 Å². The lowest BCUT2D eigenvalue weighted by Gasteiger charge is -2.13. The second-order valence-corrected chi connectivity index (χ2v) is 4.29. The minimum Gasteiger partial charge on any atom is -0.476 e. The highest BCUT2D eigenvalue weighted by atomic mass is 16.5. The number of aromatic nitrogens is 1. The second-order valence-electron chi connectivity index (χ2n) is 4.29. The molecule has 0 saturated carbocycles. The molecule has 1 aromatic rings. The van der Waals surface area contributed by atoms with Crippen LogP contribution >= 0.6 is 0 Å². The number of carbonyl (C=O) groups excluding carboxylic acids is 1. The second kappa shape index (κ2) is 6.83. The monoisotopic (exact) mass is 252 g/mol. The SMILES string of the molecule is CCCC(C)COc1nc(C(=O)OC)ccc1N. The van der Waals surface area contributed by atoms with E-state index in [0.717, 1.165) is 12.8 Å². The van der Waals surface area contributed by atoms with Crippen molar-refractivity contribution >= 4 is 11.7 Å². The Kier molecular flexibility index (Phi) is 5.42. The molecule has 0 fully saturated rings. The molecule has 0 bridgehead atoms. The molecular formula is C13H20N2O3. The first-order valence-corrected chi connectivity index (χ1v) is 6.06. The highest BCUT2D eigenvalue weighted by Gasteiger charge is 2.12. The van der Waals surface area contributed by atoms with Gasteiger partial charge < -0.3 is 15.2 Å². The van der Waals surface area contributed by atoms with Gasteiger partial charge in [0.15, 0.2) is 5.69 Å². The van der Waals surface area contributed by atoms with Crippen molar-refractivity contribution in [1.29, 1.82) is 0 Å². The van der Waals surface area contributed by atoms with Crippen LogP contribution in [0.4, 0.5) is 5.69 Å². The smallest absolute Gasteiger partial charge is 0.356 e. The maximum atomic E-state index is 11.3. The molecule has 0 aliphatic heterocycles. The van der Waals surface area contributed by atoms with Crippen LogP contribution in [-0.4, -0.2) is 24.7 Å². The third kappa shape index (κ3) is 3.91. The summed E-state index contributed by atoms with van der Waals surface area (Å²) < 4.78 is 10.1. The van der Waals surface area contributed by atoms with Crippen LogP contribution in [0.2, 0.25) is 0 Å². The Bertz CT molecular complexity index is 407. The van der Waals surface area contributed by atoms with Crippen molar-refractivity contribution < 1.29 is 14.3 Å². The zero-order valence-corrected chi connectivity index (χ0v) is 11.1. The van der Waals surface area contributed by atoms with Crippen molar-refractivity contribution in [1.82, 2.24) is 4.98 Å². The van der Waals surface area contributed by atoms with E-state index in [2.05, 4.69) is 23.6 Å². The lowest BCUT2D eigenvalue weighted by molar-refractivity contribution is 0.0592. The number of anilines is 1. The first kappa shape index (κ1) is 14.3. The van der Waals surface area contributed by atoms with E-state index in [0.29, 0.717) is 24.1 Å². The van der Waals surface area contributed by atoms with E-state index in [1.165, 1.54) is 13.2 Å². The maximum absolute atomic E-state index is 11.3. The molecule has 0 spiro atoms. The molecule has 0 radical (unpaired) electrons. The van der Waals surface area contributed by atoms with Crippen LogP contribution in [0.3, 0.4) is 0 Å². The van der Waals surface area contributed by atoms with E-state index in [4.69, 9.17) is 10.5 Å². The standard InChI is InChI=1S/C13H20N2O3/c1-4-5-9(2)8-18-12-10(14)6-7-11(15-12)13(16)17-3/h6-7,9H,4-5,8,14H2,1-3H3. The van der Waals surface area contributed by atoms with Crippen LogP contribution in [0.1, 0.15) is 37.2 Å². The molecule has 2 N–H and O–H groups in total. The summed E-state index contributed by atoms with van der Waals surface area (Å²) >= 11 is 0. The average Bonchev–Trinajstić information content (AvgIpc) is 2.37. The van der Waals surface area contributed by atoms with Gasteiger partial charge in [0.1, 0.15) is 0 Å². The molecule has 0 amide bonds. The Balaban J connectivity index is 2.72. The van der Waals surface area contributed by atoms with Gasteiger partial charge in [-0.05, 0) is 24.5 Å². The summed E-state index contributed by atoms with van der Waals surface area (Å²) in [5.41, 5.74) is 6.37. The predicted molar refractivity (Wildman–Crippen MR) is 69.6 cm³/mol. The highest BCUT2D eigenvalue weighted by Crippen LogP contribution is 2.20. The minimum absolute atomic E-state index is 0.199. The van der Waals surface area contributed by atoms with Crippen LogP contribution in [0, 0.1) is 5.92 Å². The number of carbonyl (C=O) groups is 1. The summed E-state index contributed by atoms with van der Waals surface area (Å²) in [5, 5.41) is 0. The number of nitrogens with zero attached hydrogens (tertiary/aromatic N) is 1. The van der Waals surface area contributed by atoms with Crippen molar-refractivity contribution in [3.05, 3.63) is 17.8 Å². The molecule has 0 aliphatic rings. The fourth-order valence-electron chi connectivity index (χ4n) is 1.58. The van der Waals surface area contributed by atoms with Gasteiger partial charge in [0.2, 0.25) is 5.88 Å². The Morgan fingerprint density at radius 1 is 1.50 bits per heavy atom. The Morgan fingerprint density at radius 2 is 2.22 bits per heavy atom.